The molecule has 2 rings (SSSR count). The number of rotatable bonds is 3. The van der Waals surface area contributed by atoms with Gasteiger partial charge in [0, 0.05) is 4.47 Å². The molecule has 86 valence electrons. The summed E-state index contributed by atoms with van der Waals surface area (Å²) in [6, 6.07) is 5.98. The van der Waals surface area contributed by atoms with Crippen LogP contribution < -0.4 is 5.73 Å². The molecular formula is C12H16BrN3. The lowest BCUT2D eigenvalue weighted by molar-refractivity contribution is 0.442. The lowest BCUT2D eigenvalue weighted by atomic mass is 10.00. The zero-order valence-corrected chi connectivity index (χ0v) is 11.1. The molecule has 0 aliphatic carbocycles. The van der Waals surface area contributed by atoms with Gasteiger partial charge in [-0.05, 0) is 24.1 Å². The van der Waals surface area contributed by atoms with Crippen LogP contribution in [0.25, 0.3) is 11.0 Å². The van der Waals surface area contributed by atoms with Crippen LogP contribution in [-0.4, -0.2) is 9.97 Å². The Morgan fingerprint density at radius 1 is 1.50 bits per heavy atom. The molecular weight excluding hydrogens is 266 g/mol. The Morgan fingerprint density at radius 2 is 2.25 bits per heavy atom. The van der Waals surface area contributed by atoms with Crippen molar-refractivity contribution in [1.82, 2.24) is 9.97 Å². The van der Waals surface area contributed by atoms with Gasteiger partial charge in [0.15, 0.2) is 0 Å². The van der Waals surface area contributed by atoms with E-state index in [-0.39, 0.29) is 6.04 Å². The summed E-state index contributed by atoms with van der Waals surface area (Å²) < 4.78 is 1.05. The summed E-state index contributed by atoms with van der Waals surface area (Å²) in [6.07, 6.45) is 1.06. The molecule has 1 aromatic carbocycles. The monoisotopic (exact) mass is 281 g/mol. The van der Waals surface area contributed by atoms with Crippen LogP contribution in [0.5, 0.6) is 0 Å². The third-order valence-electron chi connectivity index (χ3n) is 3.03. The van der Waals surface area contributed by atoms with Gasteiger partial charge in [-0.1, -0.05) is 36.2 Å². The first-order chi connectivity index (χ1) is 7.61. The van der Waals surface area contributed by atoms with Gasteiger partial charge in [-0.2, -0.15) is 0 Å². The summed E-state index contributed by atoms with van der Waals surface area (Å²) in [5.74, 6) is 1.31. The van der Waals surface area contributed by atoms with E-state index in [0.29, 0.717) is 5.92 Å². The van der Waals surface area contributed by atoms with Crippen molar-refractivity contribution in [3.8, 4) is 0 Å². The van der Waals surface area contributed by atoms with E-state index < -0.39 is 0 Å². The summed E-state index contributed by atoms with van der Waals surface area (Å²) in [4.78, 5) is 7.81. The number of hydrogen-bond donors (Lipinski definition) is 2. The van der Waals surface area contributed by atoms with Gasteiger partial charge in [0.25, 0.3) is 0 Å². The number of hydrogen-bond acceptors (Lipinski definition) is 2. The molecule has 0 fully saturated rings. The zero-order chi connectivity index (χ0) is 11.7. The maximum Gasteiger partial charge on any atom is 0.124 e. The number of benzene rings is 1. The molecule has 0 saturated heterocycles. The average Bonchev–Trinajstić information content (AvgIpc) is 2.69. The quantitative estimate of drug-likeness (QED) is 0.906. The summed E-state index contributed by atoms with van der Waals surface area (Å²) in [5.41, 5.74) is 8.15. The van der Waals surface area contributed by atoms with E-state index in [4.69, 9.17) is 5.73 Å². The number of nitrogens with two attached hydrogens (primary N) is 1. The predicted molar refractivity (Wildman–Crippen MR) is 70.2 cm³/mol. The Morgan fingerprint density at radius 3 is 2.94 bits per heavy atom. The molecule has 0 amide bonds. The van der Waals surface area contributed by atoms with Gasteiger partial charge in [0.2, 0.25) is 0 Å². The van der Waals surface area contributed by atoms with Crippen LogP contribution in [0.1, 0.15) is 32.1 Å². The molecule has 3 N–H and O–H groups in total. The molecule has 2 atom stereocenters. The first-order valence-corrected chi connectivity index (χ1v) is 6.32. The largest absolute Gasteiger partial charge is 0.341 e. The molecule has 0 aliphatic heterocycles. The van der Waals surface area contributed by atoms with Crippen molar-refractivity contribution in [3.05, 3.63) is 28.5 Å². The van der Waals surface area contributed by atoms with Crippen LogP contribution in [0, 0.1) is 5.92 Å². The molecule has 1 aromatic heterocycles. The molecule has 0 aliphatic rings. The molecule has 0 bridgehead atoms. The van der Waals surface area contributed by atoms with Crippen molar-refractivity contribution in [2.45, 2.75) is 26.3 Å². The topological polar surface area (TPSA) is 54.7 Å². The van der Waals surface area contributed by atoms with Crippen molar-refractivity contribution in [3.63, 3.8) is 0 Å². The first kappa shape index (κ1) is 11.6. The Labute approximate surface area is 104 Å². The van der Waals surface area contributed by atoms with E-state index in [1.54, 1.807) is 0 Å². The van der Waals surface area contributed by atoms with Crippen LogP contribution in [0.15, 0.2) is 22.7 Å². The van der Waals surface area contributed by atoms with Crippen LogP contribution in [0.3, 0.4) is 0 Å². The van der Waals surface area contributed by atoms with Gasteiger partial charge < -0.3 is 10.7 Å². The van der Waals surface area contributed by atoms with Gasteiger partial charge in [-0.15, -0.1) is 0 Å². The van der Waals surface area contributed by atoms with E-state index in [2.05, 4.69) is 39.7 Å². The normalized spacial score (nSPS) is 15.2. The Balaban J connectivity index is 2.39. The molecule has 1 heterocycles. The summed E-state index contributed by atoms with van der Waals surface area (Å²) in [6.45, 7) is 4.29. The molecule has 0 spiro atoms. The Hall–Kier alpha value is -0.870. The maximum absolute atomic E-state index is 6.15. The van der Waals surface area contributed by atoms with E-state index in [9.17, 15) is 0 Å². The van der Waals surface area contributed by atoms with Crippen LogP contribution in [0.2, 0.25) is 0 Å². The second-order valence-electron chi connectivity index (χ2n) is 4.19. The number of H-pyrrole nitrogens is 1. The number of aromatic amines is 1. The highest BCUT2D eigenvalue weighted by Crippen LogP contribution is 2.23. The fraction of sp³-hybridized carbons (Fsp3) is 0.417. The SMILES string of the molecule is CC[C@H](C)[C@@H](N)c1nc2ccc(Br)cc2[nH]1. The highest BCUT2D eigenvalue weighted by molar-refractivity contribution is 9.10. The third-order valence-corrected chi connectivity index (χ3v) is 3.53. The van der Waals surface area contributed by atoms with Crippen LogP contribution >= 0.6 is 15.9 Å². The number of imidazole rings is 1. The van der Waals surface area contributed by atoms with Gasteiger partial charge in [-0.3, -0.25) is 0 Å². The number of fused-ring (bicyclic) bond motifs is 1. The zero-order valence-electron chi connectivity index (χ0n) is 9.50. The fourth-order valence-corrected chi connectivity index (χ4v) is 2.04. The second-order valence-corrected chi connectivity index (χ2v) is 5.11. The highest BCUT2D eigenvalue weighted by atomic mass is 79.9. The number of nitrogens with one attached hydrogen (secondary N) is 1. The van der Waals surface area contributed by atoms with Gasteiger partial charge in [0.1, 0.15) is 5.82 Å². The summed E-state index contributed by atoms with van der Waals surface area (Å²) >= 11 is 3.44. The number of nitrogens with zero attached hydrogens (tertiary/aromatic N) is 1. The maximum atomic E-state index is 6.15. The van der Waals surface area contributed by atoms with E-state index in [1.807, 2.05) is 18.2 Å². The average molecular weight is 282 g/mol. The molecule has 2 aromatic rings. The van der Waals surface area contributed by atoms with Crippen molar-refractivity contribution in [2.24, 2.45) is 11.7 Å². The number of aromatic nitrogens is 2. The first-order valence-electron chi connectivity index (χ1n) is 5.52. The molecule has 4 heteroatoms. The minimum Gasteiger partial charge on any atom is -0.341 e. The predicted octanol–water partition coefficient (Wildman–Crippen LogP) is 3.37. The Kier molecular flexibility index (Phi) is 3.30. The lowest BCUT2D eigenvalue weighted by Gasteiger charge is -2.15. The fourth-order valence-electron chi connectivity index (χ4n) is 1.68. The van der Waals surface area contributed by atoms with Gasteiger partial charge >= 0.3 is 0 Å². The molecule has 0 saturated carbocycles. The van der Waals surface area contributed by atoms with Crippen molar-refractivity contribution >= 4 is 27.0 Å². The third kappa shape index (κ3) is 2.13. The van der Waals surface area contributed by atoms with Gasteiger partial charge in [0.05, 0.1) is 17.1 Å². The summed E-state index contributed by atoms with van der Waals surface area (Å²) in [5, 5.41) is 0. The van der Waals surface area contributed by atoms with E-state index in [0.717, 1.165) is 27.8 Å². The summed E-state index contributed by atoms with van der Waals surface area (Å²) in [7, 11) is 0. The molecule has 0 radical (unpaired) electrons. The Bertz CT molecular complexity index is 492. The van der Waals surface area contributed by atoms with E-state index in [1.165, 1.54) is 0 Å². The minimum atomic E-state index is -0.0174. The molecule has 0 unspecified atom stereocenters. The minimum absolute atomic E-state index is 0.0174. The lowest BCUT2D eigenvalue weighted by Crippen LogP contribution is -2.19. The smallest absolute Gasteiger partial charge is 0.124 e. The number of halogens is 1. The highest BCUT2D eigenvalue weighted by Gasteiger charge is 2.16. The van der Waals surface area contributed by atoms with Gasteiger partial charge in [-0.25, -0.2) is 4.98 Å². The van der Waals surface area contributed by atoms with Crippen LogP contribution in [-0.2, 0) is 0 Å². The molecule has 3 nitrogen and oxygen atoms in total. The molecule has 16 heavy (non-hydrogen) atoms. The van der Waals surface area contributed by atoms with Crippen LogP contribution in [0.4, 0.5) is 0 Å². The van der Waals surface area contributed by atoms with E-state index >= 15 is 0 Å². The second kappa shape index (κ2) is 4.55. The van der Waals surface area contributed by atoms with Crippen molar-refractivity contribution in [2.75, 3.05) is 0 Å². The standard InChI is InChI=1S/C12H16BrN3/c1-3-7(2)11(14)12-15-9-5-4-8(13)6-10(9)16-12/h4-7,11H,3,14H2,1-2H3,(H,15,16)/t7-,11+/m0/s1. The van der Waals surface area contributed by atoms with Crippen molar-refractivity contribution < 1.29 is 0 Å². The van der Waals surface area contributed by atoms with Crippen molar-refractivity contribution in [1.29, 1.82) is 0 Å².